The average molecular weight is 376 g/mol. The summed E-state index contributed by atoms with van der Waals surface area (Å²) in [5, 5.41) is 6.25. The molecule has 2 rings (SSSR count). The number of rotatable bonds is 8. The van der Waals surface area contributed by atoms with Crippen molar-refractivity contribution in [2.75, 3.05) is 12.4 Å². The van der Waals surface area contributed by atoms with E-state index in [1.54, 1.807) is 32.0 Å². The van der Waals surface area contributed by atoms with Gasteiger partial charge in [0, 0.05) is 6.07 Å². The van der Waals surface area contributed by atoms with Crippen molar-refractivity contribution in [2.24, 2.45) is 0 Å². The number of ether oxygens (including phenoxy) is 3. The van der Waals surface area contributed by atoms with Crippen molar-refractivity contribution in [1.82, 2.24) is 5.16 Å². The highest BCUT2D eigenvalue weighted by molar-refractivity contribution is 5.97. The maximum Gasteiger partial charge on any atom is 0.339 e. The van der Waals surface area contributed by atoms with Crippen LogP contribution >= 0.6 is 0 Å². The number of aromatic nitrogens is 1. The van der Waals surface area contributed by atoms with E-state index in [4.69, 9.17) is 18.7 Å². The van der Waals surface area contributed by atoms with Crippen LogP contribution in [-0.4, -0.2) is 36.4 Å². The van der Waals surface area contributed by atoms with Crippen molar-refractivity contribution < 1.29 is 28.3 Å². The van der Waals surface area contributed by atoms with E-state index < -0.39 is 18.0 Å². The molecule has 1 unspecified atom stereocenters. The van der Waals surface area contributed by atoms with Crippen LogP contribution in [-0.2, 0) is 9.53 Å². The first-order chi connectivity index (χ1) is 12.8. The standard InChI is InChI=1S/C19H24N2O6/c1-6-14(18(22)20-17-9-12(4)27-21-17)26-19(23)13-7-8-15(25-11(2)3)16(10-13)24-5/h7-11,14H,6H2,1-5H3,(H,20,21,22). The van der Waals surface area contributed by atoms with Crippen molar-refractivity contribution >= 4 is 17.7 Å². The summed E-state index contributed by atoms with van der Waals surface area (Å²) >= 11 is 0. The Kier molecular flexibility index (Phi) is 6.81. The van der Waals surface area contributed by atoms with Crippen LogP contribution in [0.1, 0.15) is 43.3 Å². The molecule has 1 amide bonds. The zero-order chi connectivity index (χ0) is 20.0. The topological polar surface area (TPSA) is 99.9 Å². The van der Waals surface area contributed by atoms with E-state index in [0.717, 1.165) is 0 Å². The fourth-order valence-electron chi connectivity index (χ4n) is 2.30. The van der Waals surface area contributed by atoms with Crippen LogP contribution in [0.2, 0.25) is 0 Å². The summed E-state index contributed by atoms with van der Waals surface area (Å²) < 4.78 is 21.1. The van der Waals surface area contributed by atoms with Gasteiger partial charge in [0.15, 0.2) is 23.4 Å². The first-order valence-corrected chi connectivity index (χ1v) is 8.63. The van der Waals surface area contributed by atoms with Crippen molar-refractivity contribution in [3.05, 3.63) is 35.6 Å². The predicted molar refractivity (Wildman–Crippen MR) is 98.1 cm³/mol. The largest absolute Gasteiger partial charge is 0.493 e. The van der Waals surface area contributed by atoms with Gasteiger partial charge in [0.05, 0.1) is 18.8 Å². The molecule has 0 radical (unpaired) electrons. The Balaban J connectivity index is 2.08. The molecule has 1 atom stereocenters. The van der Waals surface area contributed by atoms with Gasteiger partial charge in [-0.15, -0.1) is 0 Å². The minimum atomic E-state index is -0.966. The predicted octanol–water partition coefficient (Wildman–Crippen LogP) is 3.35. The molecular weight excluding hydrogens is 352 g/mol. The number of carbonyl (C=O) groups is 2. The number of esters is 1. The van der Waals surface area contributed by atoms with Crippen molar-refractivity contribution in [3.63, 3.8) is 0 Å². The van der Waals surface area contributed by atoms with Gasteiger partial charge in [-0.1, -0.05) is 12.1 Å². The molecular formula is C19H24N2O6. The lowest BCUT2D eigenvalue weighted by Crippen LogP contribution is -2.32. The van der Waals surface area contributed by atoms with Gasteiger partial charge in [0.1, 0.15) is 5.76 Å². The highest BCUT2D eigenvalue weighted by atomic mass is 16.5. The summed E-state index contributed by atoms with van der Waals surface area (Å²) in [7, 11) is 1.49. The van der Waals surface area contributed by atoms with Crippen molar-refractivity contribution in [3.8, 4) is 11.5 Å². The lowest BCUT2D eigenvalue weighted by Gasteiger charge is -2.17. The van der Waals surface area contributed by atoms with Gasteiger partial charge < -0.3 is 24.1 Å². The van der Waals surface area contributed by atoms with Crippen LogP contribution in [0.4, 0.5) is 5.82 Å². The Morgan fingerprint density at radius 1 is 1.22 bits per heavy atom. The number of nitrogens with one attached hydrogen (secondary N) is 1. The highest BCUT2D eigenvalue weighted by Crippen LogP contribution is 2.29. The second kappa shape index (κ2) is 9.07. The third-order valence-corrected chi connectivity index (χ3v) is 3.55. The molecule has 1 N–H and O–H groups in total. The Morgan fingerprint density at radius 3 is 2.52 bits per heavy atom. The molecule has 0 fully saturated rings. The highest BCUT2D eigenvalue weighted by Gasteiger charge is 2.23. The second-order valence-electron chi connectivity index (χ2n) is 6.15. The number of anilines is 1. The number of methoxy groups -OCH3 is 1. The van der Waals surface area contributed by atoms with E-state index in [0.29, 0.717) is 23.7 Å². The van der Waals surface area contributed by atoms with Gasteiger partial charge in [-0.2, -0.15) is 0 Å². The van der Waals surface area contributed by atoms with Crippen LogP contribution in [0.3, 0.4) is 0 Å². The molecule has 1 heterocycles. The molecule has 0 bridgehead atoms. The molecule has 0 aliphatic carbocycles. The number of aryl methyl sites for hydroxylation is 1. The molecule has 8 heteroatoms. The summed E-state index contributed by atoms with van der Waals surface area (Å²) in [5.41, 5.74) is 0.256. The van der Waals surface area contributed by atoms with Crippen LogP contribution in [0.15, 0.2) is 28.8 Å². The first-order valence-electron chi connectivity index (χ1n) is 8.63. The lowest BCUT2D eigenvalue weighted by atomic mass is 10.2. The van der Waals surface area contributed by atoms with E-state index in [2.05, 4.69) is 10.5 Å². The van der Waals surface area contributed by atoms with E-state index in [1.165, 1.54) is 13.2 Å². The fourth-order valence-corrected chi connectivity index (χ4v) is 2.30. The smallest absolute Gasteiger partial charge is 0.339 e. The van der Waals surface area contributed by atoms with Crippen LogP contribution in [0, 0.1) is 6.92 Å². The normalized spacial score (nSPS) is 11.8. The SMILES string of the molecule is CCC(OC(=O)c1ccc(OC(C)C)c(OC)c1)C(=O)Nc1cc(C)on1. The van der Waals surface area contributed by atoms with E-state index in [9.17, 15) is 9.59 Å². The third-order valence-electron chi connectivity index (χ3n) is 3.55. The molecule has 27 heavy (non-hydrogen) atoms. The van der Waals surface area contributed by atoms with Crippen molar-refractivity contribution in [2.45, 2.75) is 46.3 Å². The average Bonchev–Trinajstić information content (AvgIpc) is 3.03. The fraction of sp³-hybridized carbons (Fsp3) is 0.421. The number of nitrogens with zero attached hydrogens (tertiary/aromatic N) is 1. The van der Waals surface area contributed by atoms with Gasteiger partial charge in [-0.05, 0) is 45.4 Å². The van der Waals surface area contributed by atoms with Gasteiger partial charge in [-0.3, -0.25) is 4.79 Å². The zero-order valence-electron chi connectivity index (χ0n) is 16.1. The molecule has 0 aliphatic heterocycles. The Bertz CT molecular complexity index is 799. The van der Waals surface area contributed by atoms with Gasteiger partial charge >= 0.3 is 5.97 Å². The summed E-state index contributed by atoms with van der Waals surface area (Å²) in [6.07, 6.45) is -0.697. The van der Waals surface area contributed by atoms with Crippen LogP contribution < -0.4 is 14.8 Å². The molecule has 146 valence electrons. The Hall–Kier alpha value is -3.03. The quantitative estimate of drug-likeness (QED) is 0.705. The maximum atomic E-state index is 12.4. The second-order valence-corrected chi connectivity index (χ2v) is 6.15. The number of amides is 1. The van der Waals surface area contributed by atoms with Gasteiger partial charge in [0.25, 0.3) is 5.91 Å². The summed E-state index contributed by atoms with van der Waals surface area (Å²) in [6, 6.07) is 6.29. The molecule has 1 aromatic carbocycles. The lowest BCUT2D eigenvalue weighted by molar-refractivity contribution is -0.124. The number of carbonyl (C=O) groups excluding carboxylic acids is 2. The summed E-state index contributed by atoms with van der Waals surface area (Å²) in [6.45, 7) is 7.23. The van der Waals surface area contributed by atoms with E-state index >= 15 is 0 Å². The van der Waals surface area contributed by atoms with E-state index in [-0.39, 0.29) is 17.5 Å². The molecule has 0 spiro atoms. The Labute approximate surface area is 157 Å². The monoisotopic (exact) mass is 376 g/mol. The minimum absolute atomic E-state index is 0.0370. The summed E-state index contributed by atoms with van der Waals surface area (Å²) in [4.78, 5) is 24.7. The number of hydrogen-bond acceptors (Lipinski definition) is 7. The number of benzene rings is 1. The third kappa shape index (κ3) is 5.47. The van der Waals surface area contributed by atoms with E-state index in [1.807, 2.05) is 13.8 Å². The van der Waals surface area contributed by atoms with Crippen molar-refractivity contribution in [1.29, 1.82) is 0 Å². The van der Waals surface area contributed by atoms with Gasteiger partial charge in [-0.25, -0.2) is 4.79 Å². The zero-order valence-corrected chi connectivity index (χ0v) is 16.1. The molecule has 1 aromatic heterocycles. The molecule has 8 nitrogen and oxygen atoms in total. The molecule has 2 aromatic rings. The first kappa shape index (κ1) is 20.3. The number of hydrogen-bond donors (Lipinski definition) is 1. The summed E-state index contributed by atoms with van der Waals surface area (Å²) in [5.74, 6) is 0.646. The van der Waals surface area contributed by atoms with Crippen LogP contribution in [0.25, 0.3) is 0 Å². The van der Waals surface area contributed by atoms with Gasteiger partial charge in [0.2, 0.25) is 0 Å². The van der Waals surface area contributed by atoms with Crippen LogP contribution in [0.5, 0.6) is 11.5 Å². The Morgan fingerprint density at radius 2 is 1.96 bits per heavy atom. The minimum Gasteiger partial charge on any atom is -0.493 e. The molecule has 0 saturated carbocycles. The molecule has 0 saturated heterocycles. The maximum absolute atomic E-state index is 12.4. The molecule has 0 aliphatic rings.